The van der Waals surface area contributed by atoms with Crippen LogP contribution < -0.4 is 10.1 Å². The number of hydrogen-bond acceptors (Lipinski definition) is 5. The van der Waals surface area contributed by atoms with Crippen molar-refractivity contribution >= 4 is 6.03 Å². The number of nitrogens with one attached hydrogen (secondary N) is 1. The van der Waals surface area contributed by atoms with Crippen molar-refractivity contribution in [2.24, 2.45) is 0 Å². The highest BCUT2D eigenvalue weighted by atomic mass is 16.5. The number of rotatable bonds is 6. The zero-order chi connectivity index (χ0) is 18.6. The number of carbonyl (C=O) groups excluding carboxylic acids is 1. The summed E-state index contributed by atoms with van der Waals surface area (Å²) in [6.07, 6.45) is 4.88. The summed E-state index contributed by atoms with van der Waals surface area (Å²) in [6, 6.07) is 7.93. The lowest BCUT2D eigenvalue weighted by Gasteiger charge is -2.30. The predicted octanol–water partition coefficient (Wildman–Crippen LogP) is 3.09. The van der Waals surface area contributed by atoms with E-state index in [2.05, 4.69) is 15.5 Å². The van der Waals surface area contributed by atoms with Crippen LogP contribution in [0.5, 0.6) is 5.75 Å². The molecule has 1 aliphatic heterocycles. The van der Waals surface area contributed by atoms with E-state index in [-0.39, 0.29) is 11.9 Å². The molecule has 1 saturated heterocycles. The molecule has 2 fully saturated rings. The number of urea groups is 1. The Morgan fingerprint density at radius 3 is 2.33 bits per heavy atom. The van der Waals surface area contributed by atoms with E-state index in [1.165, 1.54) is 5.56 Å². The Morgan fingerprint density at radius 1 is 1.11 bits per heavy atom. The van der Waals surface area contributed by atoms with E-state index < -0.39 is 0 Å². The summed E-state index contributed by atoms with van der Waals surface area (Å²) in [6.45, 7) is 2.07. The molecule has 1 N–H and O–H groups in total. The average Bonchev–Trinajstić information content (AvgIpc) is 3.45. The second-order valence-corrected chi connectivity index (χ2v) is 7.34. The first-order valence-corrected chi connectivity index (χ1v) is 9.72. The fourth-order valence-electron chi connectivity index (χ4n) is 3.45. The molecule has 27 heavy (non-hydrogen) atoms. The van der Waals surface area contributed by atoms with Crippen LogP contribution >= 0.6 is 0 Å². The third-order valence-corrected chi connectivity index (χ3v) is 5.36. The van der Waals surface area contributed by atoms with Gasteiger partial charge in [-0.25, -0.2) is 4.79 Å². The maximum absolute atomic E-state index is 12.4. The van der Waals surface area contributed by atoms with Crippen molar-refractivity contribution in [1.29, 1.82) is 0 Å². The second-order valence-electron chi connectivity index (χ2n) is 7.34. The predicted molar refractivity (Wildman–Crippen MR) is 99.9 cm³/mol. The lowest BCUT2D eigenvalue weighted by atomic mass is 9.97. The van der Waals surface area contributed by atoms with Crippen molar-refractivity contribution in [2.75, 3.05) is 26.7 Å². The van der Waals surface area contributed by atoms with E-state index in [1.807, 2.05) is 29.2 Å². The van der Waals surface area contributed by atoms with Crippen LogP contribution in [0.15, 0.2) is 28.7 Å². The lowest BCUT2D eigenvalue weighted by molar-refractivity contribution is 0.177. The van der Waals surface area contributed by atoms with Crippen LogP contribution in [-0.2, 0) is 6.42 Å². The van der Waals surface area contributed by atoms with Crippen LogP contribution in [0.25, 0.3) is 0 Å². The molecule has 1 aliphatic carbocycles. The average molecular weight is 370 g/mol. The third kappa shape index (κ3) is 4.40. The minimum Gasteiger partial charge on any atom is -0.497 e. The zero-order valence-corrected chi connectivity index (χ0v) is 15.7. The molecule has 0 spiro atoms. The summed E-state index contributed by atoms with van der Waals surface area (Å²) in [5.41, 5.74) is 1.18. The summed E-state index contributed by atoms with van der Waals surface area (Å²) in [5, 5.41) is 11.4. The van der Waals surface area contributed by atoms with Crippen LogP contribution in [0, 0.1) is 0 Å². The number of benzene rings is 1. The fourth-order valence-corrected chi connectivity index (χ4v) is 3.45. The van der Waals surface area contributed by atoms with Crippen molar-refractivity contribution in [3.63, 3.8) is 0 Å². The number of aromatic nitrogens is 2. The Balaban J connectivity index is 1.19. The molecular formula is C20H26N4O3. The molecule has 0 radical (unpaired) electrons. The van der Waals surface area contributed by atoms with Crippen molar-refractivity contribution in [2.45, 2.75) is 43.9 Å². The van der Waals surface area contributed by atoms with Gasteiger partial charge >= 0.3 is 6.03 Å². The molecular weight excluding hydrogens is 344 g/mol. The Hall–Kier alpha value is -2.57. The van der Waals surface area contributed by atoms with E-state index in [0.29, 0.717) is 12.5 Å². The van der Waals surface area contributed by atoms with Gasteiger partial charge in [0.05, 0.1) is 7.11 Å². The minimum absolute atomic E-state index is 0.00570. The van der Waals surface area contributed by atoms with Crippen molar-refractivity contribution in [3.05, 3.63) is 41.6 Å². The van der Waals surface area contributed by atoms with Gasteiger partial charge in [0, 0.05) is 31.5 Å². The van der Waals surface area contributed by atoms with E-state index >= 15 is 0 Å². The highest BCUT2D eigenvalue weighted by Crippen LogP contribution is 2.40. The van der Waals surface area contributed by atoms with Gasteiger partial charge in [-0.3, -0.25) is 0 Å². The first-order valence-electron chi connectivity index (χ1n) is 9.72. The van der Waals surface area contributed by atoms with Gasteiger partial charge in [0.15, 0.2) is 0 Å². The van der Waals surface area contributed by atoms with E-state index in [4.69, 9.17) is 9.15 Å². The van der Waals surface area contributed by atoms with Crippen LogP contribution in [-0.4, -0.2) is 47.9 Å². The molecule has 1 aromatic heterocycles. The highest BCUT2D eigenvalue weighted by Gasteiger charge is 2.32. The third-order valence-electron chi connectivity index (χ3n) is 5.36. The molecule has 7 heteroatoms. The number of ether oxygens (including phenoxy) is 1. The van der Waals surface area contributed by atoms with Gasteiger partial charge in [-0.2, -0.15) is 0 Å². The van der Waals surface area contributed by atoms with Crippen LogP contribution in [0.1, 0.15) is 54.9 Å². The number of likely N-dealkylation sites (tertiary alicyclic amines) is 1. The van der Waals surface area contributed by atoms with Gasteiger partial charge in [0.25, 0.3) is 0 Å². The number of amides is 2. The van der Waals surface area contributed by atoms with E-state index in [9.17, 15) is 4.79 Å². The summed E-state index contributed by atoms with van der Waals surface area (Å²) in [4.78, 5) is 14.3. The summed E-state index contributed by atoms with van der Waals surface area (Å²) in [5.74, 6) is 3.15. The number of carbonyl (C=O) groups is 1. The first-order chi connectivity index (χ1) is 13.2. The Morgan fingerprint density at radius 2 is 1.74 bits per heavy atom. The van der Waals surface area contributed by atoms with Crippen molar-refractivity contribution < 1.29 is 13.9 Å². The molecule has 2 amide bonds. The maximum atomic E-state index is 12.4. The quantitative estimate of drug-likeness (QED) is 0.845. The SMILES string of the molecule is COc1ccc(CCNC(=O)N2CCC(c3nnc(C4CC4)o3)CC2)cc1. The van der Waals surface area contributed by atoms with Crippen LogP contribution in [0.3, 0.4) is 0 Å². The molecule has 144 valence electrons. The monoisotopic (exact) mass is 370 g/mol. The van der Waals surface area contributed by atoms with Gasteiger partial charge in [-0.15, -0.1) is 10.2 Å². The van der Waals surface area contributed by atoms with Gasteiger partial charge in [0.2, 0.25) is 11.8 Å². The molecule has 0 atom stereocenters. The second kappa shape index (κ2) is 7.98. The van der Waals surface area contributed by atoms with Gasteiger partial charge < -0.3 is 19.4 Å². The summed E-state index contributed by atoms with van der Waals surface area (Å²) < 4.78 is 11.0. The number of piperidine rings is 1. The molecule has 0 unspecified atom stereocenters. The Bertz CT molecular complexity index is 762. The standard InChI is InChI=1S/C20H26N4O3/c1-26-17-6-2-14(3-7-17)8-11-21-20(25)24-12-9-16(10-13-24)19-23-22-18(27-19)15-4-5-15/h2-3,6-7,15-16H,4-5,8-13H2,1H3,(H,21,25). The molecule has 1 saturated carbocycles. The van der Waals surface area contributed by atoms with Gasteiger partial charge in [-0.1, -0.05) is 12.1 Å². The van der Waals surface area contributed by atoms with E-state index in [1.54, 1.807) is 7.11 Å². The highest BCUT2D eigenvalue weighted by molar-refractivity contribution is 5.74. The van der Waals surface area contributed by atoms with Gasteiger partial charge in [0.1, 0.15) is 5.75 Å². The van der Waals surface area contributed by atoms with Crippen molar-refractivity contribution in [3.8, 4) is 5.75 Å². The molecule has 1 aromatic carbocycles. The Kier molecular flexibility index (Phi) is 5.27. The lowest BCUT2D eigenvalue weighted by Crippen LogP contribution is -2.44. The Labute approximate surface area is 159 Å². The molecule has 2 aromatic rings. The fraction of sp³-hybridized carbons (Fsp3) is 0.550. The smallest absolute Gasteiger partial charge is 0.317 e. The number of methoxy groups -OCH3 is 1. The first kappa shape index (κ1) is 17.8. The molecule has 2 heterocycles. The number of hydrogen-bond donors (Lipinski definition) is 1. The van der Waals surface area contributed by atoms with Crippen LogP contribution in [0.4, 0.5) is 4.79 Å². The number of nitrogens with zero attached hydrogens (tertiary/aromatic N) is 3. The maximum Gasteiger partial charge on any atom is 0.317 e. The molecule has 4 rings (SSSR count). The van der Waals surface area contributed by atoms with Gasteiger partial charge in [-0.05, 0) is 49.8 Å². The normalized spacial score (nSPS) is 17.7. The van der Waals surface area contributed by atoms with E-state index in [0.717, 1.165) is 62.7 Å². The summed E-state index contributed by atoms with van der Waals surface area (Å²) >= 11 is 0. The largest absolute Gasteiger partial charge is 0.497 e. The molecule has 2 aliphatic rings. The summed E-state index contributed by atoms with van der Waals surface area (Å²) in [7, 11) is 1.66. The molecule has 7 nitrogen and oxygen atoms in total. The minimum atomic E-state index is 0.00570. The van der Waals surface area contributed by atoms with Crippen molar-refractivity contribution in [1.82, 2.24) is 20.4 Å². The molecule has 0 bridgehead atoms. The zero-order valence-electron chi connectivity index (χ0n) is 15.7. The van der Waals surface area contributed by atoms with Crippen LogP contribution in [0.2, 0.25) is 0 Å². The topological polar surface area (TPSA) is 80.5 Å².